The van der Waals surface area contributed by atoms with Crippen LogP contribution in [0.1, 0.15) is 11.5 Å². The first-order valence-electron chi connectivity index (χ1n) is 5.76. The minimum Gasteiger partial charge on any atom is -0.369 e. The molecule has 19 heavy (non-hydrogen) atoms. The lowest BCUT2D eigenvalue weighted by Gasteiger charge is -2.21. The lowest BCUT2D eigenvalue weighted by atomic mass is 10.00. The molecule has 0 aliphatic carbocycles. The molecule has 0 saturated carbocycles. The fraction of sp³-hybridized carbons (Fsp3) is 0.308. The van der Waals surface area contributed by atoms with Crippen molar-refractivity contribution < 1.29 is 9.59 Å². The fourth-order valence-corrected chi connectivity index (χ4v) is 1.79. The number of amides is 2. The van der Waals surface area contributed by atoms with Gasteiger partial charge >= 0.3 is 0 Å². The normalized spacial score (nSPS) is 11.8. The lowest BCUT2D eigenvalue weighted by molar-refractivity contribution is -0.121. The van der Waals surface area contributed by atoms with Crippen molar-refractivity contribution in [2.75, 3.05) is 19.6 Å². The summed E-state index contributed by atoms with van der Waals surface area (Å²) >= 11 is 0. The molecule has 1 unspecified atom stereocenters. The smallest absolute Gasteiger partial charge is 0.231 e. The number of nitrogens with zero attached hydrogens (tertiary/aromatic N) is 2. The number of nitriles is 1. The van der Waals surface area contributed by atoms with Crippen LogP contribution in [-0.2, 0) is 9.59 Å². The highest BCUT2D eigenvalue weighted by molar-refractivity contribution is 5.79. The standard InChI is InChI=1S/C13H16N4O2/c14-6-11(10-4-2-1-3-5-10)7-17(8-12(15)18)9-13(16)19/h1-5,11H,7-9H2,(H2,15,18)(H2,16,19). The molecule has 0 spiro atoms. The van der Waals surface area contributed by atoms with Crippen molar-refractivity contribution in [3.8, 4) is 6.07 Å². The van der Waals surface area contributed by atoms with E-state index in [4.69, 9.17) is 11.5 Å². The van der Waals surface area contributed by atoms with E-state index in [0.717, 1.165) is 5.56 Å². The molecule has 2 amide bonds. The molecule has 1 aromatic carbocycles. The molecule has 0 saturated heterocycles. The Labute approximate surface area is 111 Å². The summed E-state index contributed by atoms with van der Waals surface area (Å²) < 4.78 is 0. The van der Waals surface area contributed by atoms with Gasteiger partial charge in [0.2, 0.25) is 11.8 Å². The van der Waals surface area contributed by atoms with E-state index in [1.807, 2.05) is 30.3 Å². The molecule has 0 aromatic heterocycles. The van der Waals surface area contributed by atoms with Gasteiger partial charge in [-0.05, 0) is 5.56 Å². The summed E-state index contributed by atoms with van der Waals surface area (Å²) in [5.74, 6) is -1.57. The van der Waals surface area contributed by atoms with Gasteiger partial charge in [0.05, 0.1) is 25.1 Å². The molecule has 6 nitrogen and oxygen atoms in total. The Morgan fingerprint density at radius 1 is 1.16 bits per heavy atom. The van der Waals surface area contributed by atoms with Gasteiger partial charge in [0.1, 0.15) is 0 Å². The van der Waals surface area contributed by atoms with Crippen molar-refractivity contribution in [1.29, 1.82) is 5.26 Å². The summed E-state index contributed by atoms with van der Waals surface area (Å²) in [6.07, 6.45) is 0. The molecule has 0 heterocycles. The Hall–Kier alpha value is -2.39. The molecular weight excluding hydrogens is 244 g/mol. The zero-order valence-corrected chi connectivity index (χ0v) is 10.5. The number of hydrogen-bond acceptors (Lipinski definition) is 4. The van der Waals surface area contributed by atoms with Crippen molar-refractivity contribution in [2.45, 2.75) is 5.92 Å². The largest absolute Gasteiger partial charge is 0.369 e. The van der Waals surface area contributed by atoms with Gasteiger partial charge in [-0.15, -0.1) is 0 Å². The van der Waals surface area contributed by atoms with Crippen LogP contribution in [0.4, 0.5) is 0 Å². The number of benzene rings is 1. The Kier molecular flexibility index (Phi) is 5.51. The second-order valence-corrected chi connectivity index (χ2v) is 4.19. The molecular formula is C13H16N4O2. The highest BCUT2D eigenvalue weighted by atomic mass is 16.2. The number of rotatable bonds is 7. The molecule has 6 heteroatoms. The van der Waals surface area contributed by atoms with Crippen molar-refractivity contribution in [2.24, 2.45) is 11.5 Å². The first-order valence-corrected chi connectivity index (χ1v) is 5.76. The maximum Gasteiger partial charge on any atom is 0.231 e. The topological polar surface area (TPSA) is 113 Å². The van der Waals surface area contributed by atoms with Gasteiger partial charge in [-0.1, -0.05) is 30.3 Å². The van der Waals surface area contributed by atoms with Crippen molar-refractivity contribution in [1.82, 2.24) is 4.90 Å². The Balaban J connectivity index is 2.78. The number of carbonyl (C=O) groups is 2. The summed E-state index contributed by atoms with van der Waals surface area (Å²) in [4.78, 5) is 23.4. The zero-order chi connectivity index (χ0) is 14.3. The fourth-order valence-electron chi connectivity index (χ4n) is 1.79. The molecule has 0 fully saturated rings. The SMILES string of the molecule is N#CC(CN(CC(N)=O)CC(N)=O)c1ccccc1. The first kappa shape index (κ1) is 14.7. The van der Waals surface area contributed by atoms with Gasteiger partial charge in [-0.3, -0.25) is 14.5 Å². The quantitative estimate of drug-likeness (QED) is 0.692. The Morgan fingerprint density at radius 2 is 1.68 bits per heavy atom. The molecule has 0 radical (unpaired) electrons. The molecule has 0 bridgehead atoms. The van der Waals surface area contributed by atoms with Crippen molar-refractivity contribution in [3.05, 3.63) is 35.9 Å². The predicted molar refractivity (Wildman–Crippen MR) is 69.6 cm³/mol. The lowest BCUT2D eigenvalue weighted by Crippen LogP contribution is -2.41. The maximum absolute atomic E-state index is 10.9. The van der Waals surface area contributed by atoms with Gasteiger partial charge < -0.3 is 11.5 Å². The van der Waals surface area contributed by atoms with Crippen LogP contribution in [0.25, 0.3) is 0 Å². The van der Waals surface area contributed by atoms with E-state index in [2.05, 4.69) is 6.07 Å². The highest BCUT2D eigenvalue weighted by Crippen LogP contribution is 2.15. The first-order chi connectivity index (χ1) is 9.02. The maximum atomic E-state index is 10.9. The summed E-state index contributed by atoms with van der Waals surface area (Å²) in [5, 5.41) is 9.19. The minimum absolute atomic E-state index is 0.103. The van der Waals surface area contributed by atoms with E-state index in [-0.39, 0.29) is 19.6 Å². The number of carbonyl (C=O) groups excluding carboxylic acids is 2. The average Bonchev–Trinajstić information content (AvgIpc) is 2.35. The molecule has 1 rings (SSSR count). The average molecular weight is 260 g/mol. The van der Waals surface area contributed by atoms with Crippen molar-refractivity contribution >= 4 is 11.8 Å². The second kappa shape index (κ2) is 7.13. The van der Waals surface area contributed by atoms with E-state index in [1.54, 1.807) is 0 Å². The number of nitrogens with two attached hydrogens (primary N) is 2. The highest BCUT2D eigenvalue weighted by Gasteiger charge is 2.18. The van der Waals surface area contributed by atoms with Crippen LogP contribution in [0, 0.1) is 11.3 Å². The van der Waals surface area contributed by atoms with Crippen LogP contribution >= 0.6 is 0 Å². The van der Waals surface area contributed by atoms with Gasteiger partial charge in [0.25, 0.3) is 0 Å². The molecule has 0 aliphatic rings. The summed E-state index contributed by atoms with van der Waals surface area (Å²) in [7, 11) is 0. The van der Waals surface area contributed by atoms with Crippen LogP contribution in [0.5, 0.6) is 0 Å². The van der Waals surface area contributed by atoms with Gasteiger partial charge in [0, 0.05) is 6.54 Å². The van der Waals surface area contributed by atoms with Crippen molar-refractivity contribution in [3.63, 3.8) is 0 Å². The monoisotopic (exact) mass is 260 g/mol. The van der Waals surface area contributed by atoms with E-state index in [9.17, 15) is 14.9 Å². The van der Waals surface area contributed by atoms with Crippen LogP contribution in [0.2, 0.25) is 0 Å². The van der Waals surface area contributed by atoms with Crippen LogP contribution in [0.15, 0.2) is 30.3 Å². The van der Waals surface area contributed by atoms with Gasteiger partial charge in [-0.25, -0.2) is 0 Å². The zero-order valence-electron chi connectivity index (χ0n) is 10.5. The third-order valence-electron chi connectivity index (χ3n) is 2.56. The number of primary amides is 2. The van der Waals surface area contributed by atoms with E-state index in [0.29, 0.717) is 0 Å². The van der Waals surface area contributed by atoms with Crippen LogP contribution in [0.3, 0.4) is 0 Å². The van der Waals surface area contributed by atoms with Gasteiger partial charge in [0.15, 0.2) is 0 Å². The molecule has 100 valence electrons. The summed E-state index contributed by atoms with van der Waals surface area (Å²) in [5.41, 5.74) is 11.0. The van der Waals surface area contributed by atoms with Crippen LogP contribution < -0.4 is 11.5 Å². The number of hydrogen-bond donors (Lipinski definition) is 2. The third kappa shape index (κ3) is 5.19. The predicted octanol–water partition coefficient (Wildman–Crippen LogP) is -0.434. The van der Waals surface area contributed by atoms with E-state index >= 15 is 0 Å². The molecule has 1 aromatic rings. The Bertz CT molecular complexity index is 465. The molecule has 1 atom stereocenters. The van der Waals surface area contributed by atoms with E-state index < -0.39 is 17.7 Å². The summed E-state index contributed by atoms with van der Waals surface area (Å²) in [6, 6.07) is 11.3. The van der Waals surface area contributed by atoms with Crippen LogP contribution in [-0.4, -0.2) is 36.3 Å². The summed E-state index contributed by atoms with van der Waals surface area (Å²) in [6.45, 7) is 0.0221. The van der Waals surface area contributed by atoms with E-state index in [1.165, 1.54) is 4.90 Å². The molecule has 4 N–H and O–H groups in total. The Morgan fingerprint density at radius 3 is 2.11 bits per heavy atom. The van der Waals surface area contributed by atoms with Gasteiger partial charge in [-0.2, -0.15) is 5.26 Å². The third-order valence-corrected chi connectivity index (χ3v) is 2.56. The minimum atomic E-state index is -0.564. The molecule has 0 aliphatic heterocycles. The second-order valence-electron chi connectivity index (χ2n) is 4.19.